The van der Waals surface area contributed by atoms with Crippen molar-refractivity contribution in [2.75, 3.05) is 23.4 Å². The van der Waals surface area contributed by atoms with Crippen LogP contribution in [0.3, 0.4) is 0 Å². The first-order valence-corrected chi connectivity index (χ1v) is 8.90. The van der Waals surface area contributed by atoms with Crippen LogP contribution < -0.4 is 15.0 Å². The standard InChI is InChI=1S/C21H18N4O3/c26-19(10-11-25-17-8-4-5-9-18(17)28-14-20(25)27)24-16-12-22-21(23-13-16)15-6-2-1-3-7-15/h1-9,12-13H,10-11,14H2,(H,24,26). The van der Waals surface area contributed by atoms with Gasteiger partial charge in [-0.2, -0.15) is 0 Å². The molecule has 1 aromatic heterocycles. The summed E-state index contributed by atoms with van der Waals surface area (Å²) in [5.41, 5.74) is 2.10. The Balaban J connectivity index is 1.37. The molecule has 1 aliphatic heterocycles. The third kappa shape index (κ3) is 3.83. The van der Waals surface area contributed by atoms with Gasteiger partial charge in [-0.1, -0.05) is 42.5 Å². The summed E-state index contributed by atoms with van der Waals surface area (Å²) in [5.74, 6) is 0.858. The lowest BCUT2D eigenvalue weighted by Gasteiger charge is -2.29. The lowest BCUT2D eigenvalue weighted by atomic mass is 10.2. The summed E-state index contributed by atoms with van der Waals surface area (Å²) in [6, 6.07) is 16.9. The summed E-state index contributed by atoms with van der Waals surface area (Å²) in [4.78, 5) is 34.6. The van der Waals surface area contributed by atoms with Gasteiger partial charge in [-0.3, -0.25) is 9.59 Å². The van der Waals surface area contributed by atoms with E-state index in [1.165, 1.54) is 0 Å². The van der Waals surface area contributed by atoms with E-state index in [9.17, 15) is 9.59 Å². The molecule has 2 heterocycles. The summed E-state index contributed by atoms with van der Waals surface area (Å²) in [6.07, 6.45) is 3.30. The van der Waals surface area contributed by atoms with Crippen LogP contribution in [0.15, 0.2) is 67.0 Å². The number of carbonyl (C=O) groups is 2. The summed E-state index contributed by atoms with van der Waals surface area (Å²) in [5, 5.41) is 2.77. The molecule has 0 radical (unpaired) electrons. The van der Waals surface area contributed by atoms with Gasteiger partial charge in [-0.15, -0.1) is 0 Å². The maximum atomic E-state index is 12.3. The van der Waals surface area contributed by atoms with Gasteiger partial charge in [0.15, 0.2) is 12.4 Å². The van der Waals surface area contributed by atoms with E-state index in [0.717, 1.165) is 5.56 Å². The van der Waals surface area contributed by atoms with Crippen LogP contribution in [-0.4, -0.2) is 34.9 Å². The Morgan fingerprint density at radius 3 is 2.54 bits per heavy atom. The minimum Gasteiger partial charge on any atom is -0.482 e. The summed E-state index contributed by atoms with van der Waals surface area (Å²) < 4.78 is 5.41. The topological polar surface area (TPSA) is 84.4 Å². The average molecular weight is 374 g/mol. The van der Waals surface area contributed by atoms with Crippen molar-refractivity contribution in [1.29, 1.82) is 0 Å². The number of amides is 2. The monoisotopic (exact) mass is 374 g/mol. The molecular weight excluding hydrogens is 356 g/mol. The van der Waals surface area contributed by atoms with Crippen molar-refractivity contribution in [3.05, 3.63) is 67.0 Å². The Hall–Kier alpha value is -3.74. The van der Waals surface area contributed by atoms with E-state index in [-0.39, 0.29) is 31.4 Å². The zero-order valence-electron chi connectivity index (χ0n) is 15.0. The van der Waals surface area contributed by atoms with Gasteiger partial charge in [0.25, 0.3) is 5.91 Å². The molecule has 28 heavy (non-hydrogen) atoms. The van der Waals surface area contributed by atoms with Crippen molar-refractivity contribution < 1.29 is 14.3 Å². The molecule has 0 atom stereocenters. The number of hydrogen-bond acceptors (Lipinski definition) is 5. The highest BCUT2D eigenvalue weighted by molar-refractivity contribution is 5.99. The number of nitrogens with one attached hydrogen (secondary N) is 1. The zero-order valence-corrected chi connectivity index (χ0v) is 15.0. The predicted molar refractivity (Wildman–Crippen MR) is 105 cm³/mol. The first-order valence-electron chi connectivity index (χ1n) is 8.90. The van der Waals surface area contributed by atoms with Crippen LogP contribution in [0, 0.1) is 0 Å². The van der Waals surface area contributed by atoms with Crippen molar-refractivity contribution in [2.45, 2.75) is 6.42 Å². The van der Waals surface area contributed by atoms with Crippen molar-refractivity contribution >= 4 is 23.2 Å². The number of ether oxygens (including phenoxy) is 1. The fraction of sp³-hybridized carbons (Fsp3) is 0.143. The molecular formula is C21H18N4O3. The molecule has 0 bridgehead atoms. The smallest absolute Gasteiger partial charge is 0.265 e. The van der Waals surface area contributed by atoms with Gasteiger partial charge in [-0.25, -0.2) is 9.97 Å². The van der Waals surface area contributed by atoms with Gasteiger partial charge >= 0.3 is 0 Å². The van der Waals surface area contributed by atoms with E-state index in [1.807, 2.05) is 42.5 Å². The number of carbonyl (C=O) groups excluding carboxylic acids is 2. The summed E-state index contributed by atoms with van der Waals surface area (Å²) >= 11 is 0. The van der Waals surface area contributed by atoms with E-state index >= 15 is 0 Å². The second-order valence-corrected chi connectivity index (χ2v) is 6.26. The second-order valence-electron chi connectivity index (χ2n) is 6.26. The van der Waals surface area contributed by atoms with E-state index < -0.39 is 0 Å². The highest BCUT2D eigenvalue weighted by Gasteiger charge is 2.25. The van der Waals surface area contributed by atoms with Crippen molar-refractivity contribution in [1.82, 2.24) is 9.97 Å². The third-order valence-electron chi connectivity index (χ3n) is 4.34. The Labute approximate surface area is 162 Å². The second kappa shape index (κ2) is 7.87. The van der Waals surface area contributed by atoms with E-state index in [2.05, 4.69) is 15.3 Å². The molecule has 1 aliphatic rings. The fourth-order valence-corrected chi connectivity index (χ4v) is 2.96. The van der Waals surface area contributed by atoms with Crippen LogP contribution in [0.2, 0.25) is 0 Å². The molecule has 140 valence electrons. The third-order valence-corrected chi connectivity index (χ3v) is 4.34. The minimum atomic E-state index is -0.215. The lowest BCUT2D eigenvalue weighted by molar-refractivity contribution is -0.121. The Kier molecular flexibility index (Phi) is 4.97. The molecule has 0 fully saturated rings. The number of nitrogens with zero attached hydrogens (tertiary/aromatic N) is 3. The van der Waals surface area contributed by atoms with Crippen LogP contribution in [-0.2, 0) is 9.59 Å². The van der Waals surface area contributed by atoms with E-state index in [1.54, 1.807) is 29.4 Å². The molecule has 7 nitrogen and oxygen atoms in total. The van der Waals surface area contributed by atoms with Gasteiger partial charge in [0.2, 0.25) is 5.91 Å². The van der Waals surface area contributed by atoms with Crippen LogP contribution in [0.4, 0.5) is 11.4 Å². The van der Waals surface area contributed by atoms with Gasteiger partial charge < -0.3 is 15.0 Å². The van der Waals surface area contributed by atoms with Crippen LogP contribution in [0.25, 0.3) is 11.4 Å². The lowest BCUT2D eigenvalue weighted by Crippen LogP contribution is -2.40. The van der Waals surface area contributed by atoms with Crippen LogP contribution in [0.5, 0.6) is 5.75 Å². The maximum Gasteiger partial charge on any atom is 0.265 e. The van der Waals surface area contributed by atoms with Gasteiger partial charge in [0.05, 0.1) is 23.8 Å². The number of anilines is 2. The van der Waals surface area contributed by atoms with Gasteiger partial charge in [0, 0.05) is 18.5 Å². The first kappa shape index (κ1) is 17.7. The first-order chi connectivity index (χ1) is 13.7. The SMILES string of the molecule is O=C(CCN1C(=O)COc2ccccc21)Nc1cnc(-c2ccccc2)nc1. The van der Waals surface area contributed by atoms with Crippen molar-refractivity contribution in [3.63, 3.8) is 0 Å². The normalized spacial score (nSPS) is 12.9. The largest absolute Gasteiger partial charge is 0.482 e. The van der Waals surface area contributed by atoms with Crippen molar-refractivity contribution in [3.8, 4) is 17.1 Å². The molecule has 1 N–H and O–H groups in total. The molecule has 0 spiro atoms. The minimum absolute atomic E-state index is 0.0204. The Morgan fingerprint density at radius 2 is 1.75 bits per heavy atom. The zero-order chi connectivity index (χ0) is 19.3. The van der Waals surface area contributed by atoms with Crippen molar-refractivity contribution in [2.24, 2.45) is 0 Å². The number of aromatic nitrogens is 2. The number of benzene rings is 2. The van der Waals surface area contributed by atoms with E-state index in [4.69, 9.17) is 4.74 Å². The molecule has 3 aromatic rings. The molecule has 0 aliphatic carbocycles. The molecule has 0 saturated heterocycles. The summed E-state index contributed by atoms with van der Waals surface area (Å²) in [6.45, 7) is 0.251. The predicted octanol–water partition coefficient (Wildman–Crippen LogP) is 2.90. The van der Waals surface area contributed by atoms with E-state index in [0.29, 0.717) is 22.9 Å². The average Bonchev–Trinajstić information content (AvgIpc) is 2.74. The maximum absolute atomic E-state index is 12.3. The Morgan fingerprint density at radius 1 is 1.04 bits per heavy atom. The number of para-hydroxylation sites is 2. The van der Waals surface area contributed by atoms with Gasteiger partial charge in [-0.05, 0) is 12.1 Å². The molecule has 7 heteroatoms. The molecule has 0 unspecified atom stereocenters. The van der Waals surface area contributed by atoms with Crippen LogP contribution in [0.1, 0.15) is 6.42 Å². The fourth-order valence-electron chi connectivity index (χ4n) is 2.96. The number of fused-ring (bicyclic) bond motifs is 1. The number of hydrogen-bond donors (Lipinski definition) is 1. The Bertz CT molecular complexity index is 990. The van der Waals surface area contributed by atoms with Gasteiger partial charge in [0.1, 0.15) is 5.75 Å². The molecule has 2 aromatic carbocycles. The highest BCUT2D eigenvalue weighted by atomic mass is 16.5. The highest BCUT2D eigenvalue weighted by Crippen LogP contribution is 2.31. The molecule has 2 amide bonds. The molecule has 0 saturated carbocycles. The summed E-state index contributed by atoms with van der Waals surface area (Å²) in [7, 11) is 0. The number of rotatable bonds is 5. The van der Waals surface area contributed by atoms with Crippen LogP contribution >= 0.6 is 0 Å². The quantitative estimate of drug-likeness (QED) is 0.742. The molecule has 4 rings (SSSR count).